The third-order valence-electron chi connectivity index (χ3n) is 4.42. The zero-order valence-electron chi connectivity index (χ0n) is 16.4. The van der Waals surface area contributed by atoms with Crippen LogP contribution in [0.25, 0.3) is 11.3 Å². The summed E-state index contributed by atoms with van der Waals surface area (Å²) in [5.74, 6) is 0.806. The van der Waals surface area contributed by atoms with E-state index in [-0.39, 0.29) is 11.9 Å². The molecule has 0 unspecified atom stereocenters. The van der Waals surface area contributed by atoms with Crippen LogP contribution in [0.2, 0.25) is 0 Å². The molecular weight excluding hydrogens is 370 g/mol. The van der Waals surface area contributed by atoms with Crippen molar-refractivity contribution in [1.29, 1.82) is 0 Å². The first-order valence-electron chi connectivity index (χ1n) is 9.27. The fraction of sp³-hybridized carbons (Fsp3) is 0.273. The minimum Gasteiger partial charge on any atom is -0.495 e. The topological polar surface area (TPSA) is 63.2 Å². The molecule has 0 bridgehead atoms. The summed E-state index contributed by atoms with van der Waals surface area (Å²) in [4.78, 5) is 15.8. The van der Waals surface area contributed by atoms with Crippen molar-refractivity contribution in [3.8, 4) is 17.0 Å². The highest BCUT2D eigenvalue weighted by Gasteiger charge is 2.08. The second-order valence-electron chi connectivity index (χ2n) is 6.70. The number of para-hydroxylation sites is 2. The number of nitrogens with one attached hydrogen (secondary N) is 2. The van der Waals surface area contributed by atoms with Crippen LogP contribution in [0, 0.1) is 0 Å². The van der Waals surface area contributed by atoms with Crippen LogP contribution in [-0.4, -0.2) is 24.0 Å². The molecule has 0 fully saturated rings. The van der Waals surface area contributed by atoms with E-state index in [0.29, 0.717) is 0 Å². The van der Waals surface area contributed by atoms with Gasteiger partial charge in [0.25, 0.3) is 0 Å². The van der Waals surface area contributed by atoms with Gasteiger partial charge in [-0.15, -0.1) is 11.3 Å². The SMILES string of the molecule is COc1ccccc1Nc1nc(-c2ccc(CC[C@@H](C)NC(C)=O)cc2)cs1. The number of rotatable bonds is 8. The van der Waals surface area contributed by atoms with Gasteiger partial charge >= 0.3 is 0 Å². The summed E-state index contributed by atoms with van der Waals surface area (Å²) in [7, 11) is 1.66. The fourth-order valence-electron chi connectivity index (χ4n) is 2.97. The average molecular weight is 396 g/mol. The Hall–Kier alpha value is -2.86. The highest BCUT2D eigenvalue weighted by atomic mass is 32.1. The molecule has 146 valence electrons. The van der Waals surface area contributed by atoms with Gasteiger partial charge in [0.1, 0.15) is 5.75 Å². The lowest BCUT2D eigenvalue weighted by molar-refractivity contribution is -0.119. The van der Waals surface area contributed by atoms with Crippen LogP contribution in [0.4, 0.5) is 10.8 Å². The molecular formula is C22H25N3O2S. The standard InChI is InChI=1S/C22H25N3O2S/c1-15(23-16(2)26)8-9-17-10-12-18(13-11-17)20-14-28-22(25-20)24-19-6-4-5-7-21(19)27-3/h4-7,10-15H,8-9H2,1-3H3,(H,23,26)(H,24,25)/t15-/m1/s1. The molecule has 0 aliphatic carbocycles. The van der Waals surface area contributed by atoms with Gasteiger partial charge in [-0.1, -0.05) is 36.4 Å². The van der Waals surface area contributed by atoms with Gasteiger partial charge in [-0.2, -0.15) is 0 Å². The van der Waals surface area contributed by atoms with Gasteiger partial charge < -0.3 is 15.4 Å². The smallest absolute Gasteiger partial charge is 0.217 e. The van der Waals surface area contributed by atoms with Crippen molar-refractivity contribution in [3.05, 3.63) is 59.5 Å². The maximum atomic E-state index is 11.1. The Morgan fingerprint density at radius 3 is 2.64 bits per heavy atom. The minimum absolute atomic E-state index is 0.0175. The lowest BCUT2D eigenvalue weighted by atomic mass is 10.0. The number of carbonyl (C=O) groups is 1. The third-order valence-corrected chi connectivity index (χ3v) is 5.18. The lowest BCUT2D eigenvalue weighted by Gasteiger charge is -2.12. The predicted octanol–water partition coefficient (Wildman–Crippen LogP) is 5.02. The number of ether oxygens (including phenoxy) is 1. The highest BCUT2D eigenvalue weighted by molar-refractivity contribution is 7.14. The fourth-order valence-corrected chi connectivity index (χ4v) is 3.70. The van der Waals surface area contributed by atoms with E-state index < -0.39 is 0 Å². The molecule has 2 N–H and O–H groups in total. The summed E-state index contributed by atoms with van der Waals surface area (Å²) < 4.78 is 5.37. The summed E-state index contributed by atoms with van der Waals surface area (Å²) in [6.07, 6.45) is 1.85. The number of nitrogens with zero attached hydrogens (tertiary/aromatic N) is 1. The number of hydrogen-bond donors (Lipinski definition) is 2. The van der Waals surface area contributed by atoms with Gasteiger partial charge in [0.2, 0.25) is 5.91 Å². The highest BCUT2D eigenvalue weighted by Crippen LogP contribution is 2.31. The summed E-state index contributed by atoms with van der Waals surface area (Å²) >= 11 is 1.56. The van der Waals surface area contributed by atoms with E-state index in [9.17, 15) is 4.79 Å². The summed E-state index contributed by atoms with van der Waals surface area (Å²) in [5.41, 5.74) is 4.18. The van der Waals surface area contributed by atoms with E-state index in [0.717, 1.165) is 40.7 Å². The molecule has 1 atom stereocenters. The largest absolute Gasteiger partial charge is 0.495 e. The van der Waals surface area contributed by atoms with Crippen molar-refractivity contribution >= 4 is 28.1 Å². The Morgan fingerprint density at radius 2 is 1.93 bits per heavy atom. The number of carbonyl (C=O) groups excluding carboxylic acids is 1. The number of aromatic nitrogens is 1. The first-order valence-corrected chi connectivity index (χ1v) is 10.1. The van der Waals surface area contributed by atoms with Crippen molar-refractivity contribution in [2.75, 3.05) is 12.4 Å². The Balaban J connectivity index is 1.62. The Bertz CT molecular complexity index is 922. The van der Waals surface area contributed by atoms with E-state index in [2.05, 4.69) is 34.9 Å². The van der Waals surface area contributed by atoms with Crippen LogP contribution in [0.3, 0.4) is 0 Å². The van der Waals surface area contributed by atoms with Gasteiger partial charge in [-0.3, -0.25) is 4.79 Å². The Morgan fingerprint density at radius 1 is 1.18 bits per heavy atom. The van der Waals surface area contributed by atoms with Crippen LogP contribution in [0.1, 0.15) is 25.8 Å². The van der Waals surface area contributed by atoms with E-state index in [4.69, 9.17) is 9.72 Å². The van der Waals surface area contributed by atoms with Gasteiger partial charge in [-0.25, -0.2) is 4.98 Å². The van der Waals surface area contributed by atoms with Crippen LogP contribution >= 0.6 is 11.3 Å². The summed E-state index contributed by atoms with van der Waals surface area (Å²) in [5, 5.41) is 9.11. The molecule has 3 aromatic rings. The van der Waals surface area contributed by atoms with Crippen LogP contribution in [0.15, 0.2) is 53.9 Å². The maximum absolute atomic E-state index is 11.1. The number of methoxy groups -OCH3 is 1. The van der Waals surface area contributed by atoms with Crippen molar-refractivity contribution in [2.45, 2.75) is 32.7 Å². The van der Waals surface area contributed by atoms with Crippen molar-refractivity contribution < 1.29 is 9.53 Å². The van der Waals surface area contributed by atoms with Gasteiger partial charge in [0.15, 0.2) is 5.13 Å². The number of hydrogen-bond acceptors (Lipinski definition) is 5. The first-order chi connectivity index (χ1) is 13.5. The number of thiazole rings is 1. The quantitative estimate of drug-likeness (QED) is 0.562. The van der Waals surface area contributed by atoms with Crippen LogP contribution in [0.5, 0.6) is 5.75 Å². The molecule has 0 aliphatic heterocycles. The molecule has 0 radical (unpaired) electrons. The second kappa shape index (κ2) is 9.37. The first kappa shape index (κ1) is 19.9. The van der Waals surface area contributed by atoms with Crippen LogP contribution < -0.4 is 15.4 Å². The molecule has 1 aromatic heterocycles. The Kier molecular flexibility index (Phi) is 6.66. The van der Waals surface area contributed by atoms with Crippen molar-refractivity contribution in [1.82, 2.24) is 10.3 Å². The third kappa shape index (κ3) is 5.33. The number of benzene rings is 2. The van der Waals surface area contributed by atoms with Gasteiger partial charge in [-0.05, 0) is 37.5 Å². The molecule has 0 aliphatic rings. The molecule has 0 saturated carbocycles. The van der Waals surface area contributed by atoms with Crippen molar-refractivity contribution in [2.24, 2.45) is 0 Å². The Labute approximate surface area is 169 Å². The summed E-state index contributed by atoms with van der Waals surface area (Å²) in [6, 6.07) is 16.4. The maximum Gasteiger partial charge on any atom is 0.217 e. The van der Waals surface area contributed by atoms with E-state index >= 15 is 0 Å². The predicted molar refractivity (Wildman–Crippen MR) is 115 cm³/mol. The molecule has 2 aromatic carbocycles. The molecule has 1 heterocycles. The molecule has 6 heteroatoms. The summed E-state index contributed by atoms with van der Waals surface area (Å²) in [6.45, 7) is 3.58. The number of amides is 1. The van der Waals surface area contributed by atoms with Crippen molar-refractivity contribution in [3.63, 3.8) is 0 Å². The molecule has 0 saturated heterocycles. The van der Waals surface area contributed by atoms with Crippen LogP contribution in [-0.2, 0) is 11.2 Å². The number of aryl methyl sites for hydroxylation is 1. The van der Waals surface area contributed by atoms with E-state index in [1.807, 2.05) is 36.6 Å². The number of anilines is 2. The average Bonchev–Trinajstić information content (AvgIpc) is 3.15. The zero-order chi connectivity index (χ0) is 19.9. The lowest BCUT2D eigenvalue weighted by Crippen LogP contribution is -2.30. The molecule has 1 amide bonds. The van der Waals surface area contributed by atoms with Gasteiger partial charge in [0.05, 0.1) is 18.5 Å². The molecule has 5 nitrogen and oxygen atoms in total. The van der Waals surface area contributed by atoms with E-state index in [1.54, 1.807) is 25.4 Å². The second-order valence-corrected chi connectivity index (χ2v) is 7.56. The van der Waals surface area contributed by atoms with Gasteiger partial charge in [0, 0.05) is 23.9 Å². The molecule has 0 spiro atoms. The minimum atomic E-state index is 0.0175. The zero-order valence-corrected chi connectivity index (χ0v) is 17.2. The van der Waals surface area contributed by atoms with E-state index in [1.165, 1.54) is 5.56 Å². The monoisotopic (exact) mass is 395 g/mol. The normalized spacial score (nSPS) is 11.7. The molecule has 28 heavy (non-hydrogen) atoms. The molecule has 3 rings (SSSR count).